The molecule has 0 aliphatic heterocycles. The number of carboxylic acid groups (broad SMARTS) is 1. The summed E-state index contributed by atoms with van der Waals surface area (Å²) in [5, 5.41) is 20.5. The third-order valence-corrected chi connectivity index (χ3v) is 7.24. The maximum Gasteiger partial charge on any atom is 0.305 e. The second-order valence-corrected chi connectivity index (χ2v) is 10.6. The molecule has 42 heavy (non-hydrogen) atoms. The van der Waals surface area contributed by atoms with Gasteiger partial charge in [-0.2, -0.15) is 5.10 Å². The van der Waals surface area contributed by atoms with Gasteiger partial charge in [-0.15, -0.1) is 0 Å². The maximum atomic E-state index is 12.4. The Morgan fingerprint density at radius 2 is 1.38 bits per heavy atom. The van der Waals surface area contributed by atoms with Crippen molar-refractivity contribution in [2.45, 2.75) is 13.0 Å². The molecule has 0 fully saturated rings. The van der Waals surface area contributed by atoms with Gasteiger partial charge in [0.25, 0.3) is 5.91 Å². The average molecular weight is 600 g/mol. The van der Waals surface area contributed by atoms with Crippen LogP contribution in [0.25, 0.3) is 33.6 Å². The number of nitrogens with zero attached hydrogens (tertiary/aromatic N) is 2. The van der Waals surface area contributed by atoms with Crippen LogP contribution in [0.3, 0.4) is 0 Å². The quantitative estimate of drug-likeness (QED) is 0.155. The highest BCUT2D eigenvalue weighted by atomic mass is 35.5. The van der Waals surface area contributed by atoms with Gasteiger partial charge >= 0.3 is 5.97 Å². The van der Waals surface area contributed by atoms with Gasteiger partial charge in [0, 0.05) is 40.5 Å². The fourth-order valence-corrected chi connectivity index (χ4v) is 5.12. The minimum Gasteiger partial charge on any atom is -0.481 e. The Morgan fingerprint density at radius 1 is 0.786 bits per heavy atom. The van der Waals surface area contributed by atoms with Crippen LogP contribution in [0.4, 0.5) is 5.69 Å². The minimum absolute atomic E-state index is 0.0723. The maximum absolute atomic E-state index is 12.4. The summed E-state index contributed by atoms with van der Waals surface area (Å²) in [5.41, 5.74) is 8.12. The molecule has 1 aromatic heterocycles. The molecule has 0 saturated heterocycles. The number of hydrogen-bond acceptors (Lipinski definition) is 4. The average Bonchev–Trinajstić information content (AvgIpc) is 3.41. The third-order valence-electron chi connectivity index (χ3n) is 6.80. The van der Waals surface area contributed by atoms with Gasteiger partial charge in [0.05, 0.1) is 24.4 Å². The van der Waals surface area contributed by atoms with Crippen molar-refractivity contribution in [2.75, 3.05) is 18.9 Å². The summed E-state index contributed by atoms with van der Waals surface area (Å²) in [6.45, 7) is 0.528. The summed E-state index contributed by atoms with van der Waals surface area (Å²) in [7, 11) is 1.90. The normalized spacial score (nSPS) is 10.8. The lowest BCUT2D eigenvalue weighted by molar-refractivity contribution is -0.136. The molecule has 0 unspecified atom stereocenters. The van der Waals surface area contributed by atoms with E-state index in [-0.39, 0.29) is 18.9 Å². The molecule has 1 heterocycles. The Labute approximate surface area is 253 Å². The van der Waals surface area contributed by atoms with E-state index >= 15 is 0 Å². The van der Waals surface area contributed by atoms with Gasteiger partial charge in [0.15, 0.2) is 0 Å². The predicted octanol–water partition coefficient (Wildman–Crippen LogP) is 7.49. The first-order chi connectivity index (χ1) is 20.3. The topological polar surface area (TPSA) is 96.3 Å². The van der Waals surface area contributed by atoms with Crippen molar-refractivity contribution in [1.82, 2.24) is 15.1 Å². The number of rotatable bonds is 10. The van der Waals surface area contributed by atoms with E-state index in [1.54, 1.807) is 18.2 Å². The molecule has 0 saturated carbocycles. The van der Waals surface area contributed by atoms with Crippen molar-refractivity contribution in [1.29, 1.82) is 0 Å². The standard InChI is InChI=1S/C33H28Cl2N4O3/c1-36-29-12-10-23(11-13-29)22-6-8-24(9-7-22)31-19-30(26-16-27(34)18-28(35)17-26)38-39(31)20-21-2-4-25(5-3-21)33(42)37-15-14-32(40)41/h2-13,16-19,36H,14-15,20H2,1H3,(H,37,42)(H,40,41). The van der Waals surface area contributed by atoms with Gasteiger partial charge in [0.2, 0.25) is 0 Å². The molecule has 0 aliphatic rings. The van der Waals surface area contributed by atoms with E-state index in [9.17, 15) is 9.59 Å². The summed E-state index contributed by atoms with van der Waals surface area (Å²) in [4.78, 5) is 23.1. The van der Waals surface area contributed by atoms with Crippen LogP contribution >= 0.6 is 23.2 Å². The Morgan fingerprint density at radius 3 is 1.98 bits per heavy atom. The number of amides is 1. The largest absolute Gasteiger partial charge is 0.481 e. The van der Waals surface area contributed by atoms with Crippen LogP contribution in [0.2, 0.25) is 10.0 Å². The summed E-state index contributed by atoms with van der Waals surface area (Å²) in [6.07, 6.45) is -0.129. The second-order valence-electron chi connectivity index (χ2n) is 9.73. The highest BCUT2D eigenvalue weighted by Gasteiger charge is 2.14. The molecule has 0 radical (unpaired) electrons. The molecule has 3 N–H and O–H groups in total. The van der Waals surface area contributed by atoms with Crippen LogP contribution in [-0.4, -0.2) is 40.4 Å². The van der Waals surface area contributed by atoms with Gasteiger partial charge in [0.1, 0.15) is 0 Å². The van der Waals surface area contributed by atoms with Crippen LogP contribution in [0.15, 0.2) is 97.1 Å². The van der Waals surface area contributed by atoms with Gasteiger partial charge in [-0.25, -0.2) is 0 Å². The first-order valence-corrected chi connectivity index (χ1v) is 14.1. The van der Waals surface area contributed by atoms with E-state index in [1.165, 1.54) is 0 Å². The number of anilines is 1. The van der Waals surface area contributed by atoms with Crippen molar-refractivity contribution in [3.8, 4) is 33.6 Å². The number of aromatic nitrogens is 2. The first-order valence-electron chi connectivity index (χ1n) is 13.3. The van der Waals surface area contributed by atoms with E-state index in [1.807, 2.05) is 54.2 Å². The van der Waals surface area contributed by atoms with Crippen LogP contribution in [0.1, 0.15) is 22.3 Å². The second kappa shape index (κ2) is 12.9. The van der Waals surface area contributed by atoms with Crippen molar-refractivity contribution in [2.24, 2.45) is 0 Å². The van der Waals surface area contributed by atoms with E-state index in [4.69, 9.17) is 33.4 Å². The fraction of sp³-hybridized carbons (Fsp3) is 0.121. The van der Waals surface area contributed by atoms with Crippen LogP contribution in [0.5, 0.6) is 0 Å². The molecule has 5 rings (SSSR count). The van der Waals surface area contributed by atoms with E-state index in [2.05, 4.69) is 47.0 Å². The molecule has 4 aromatic carbocycles. The minimum atomic E-state index is -0.960. The number of aliphatic carboxylic acids is 1. The Bertz CT molecular complexity index is 1690. The molecule has 0 bridgehead atoms. The van der Waals surface area contributed by atoms with Crippen LogP contribution < -0.4 is 10.6 Å². The lowest BCUT2D eigenvalue weighted by Gasteiger charge is -2.10. The number of nitrogens with one attached hydrogen (secondary N) is 2. The fourth-order valence-electron chi connectivity index (χ4n) is 4.59. The number of carbonyl (C=O) groups excluding carboxylic acids is 1. The van der Waals surface area contributed by atoms with Gasteiger partial charge < -0.3 is 15.7 Å². The number of carbonyl (C=O) groups is 2. The van der Waals surface area contributed by atoms with Crippen molar-refractivity contribution in [3.05, 3.63) is 118 Å². The van der Waals surface area contributed by atoms with Crippen LogP contribution in [0, 0.1) is 0 Å². The zero-order valence-corrected chi connectivity index (χ0v) is 24.3. The first kappa shape index (κ1) is 28.9. The highest BCUT2D eigenvalue weighted by molar-refractivity contribution is 6.35. The molecule has 5 aromatic rings. The molecule has 0 atom stereocenters. The number of carboxylic acids is 1. The monoisotopic (exact) mass is 598 g/mol. The zero-order valence-electron chi connectivity index (χ0n) is 22.8. The van der Waals surface area contributed by atoms with E-state index < -0.39 is 5.97 Å². The number of hydrogen-bond donors (Lipinski definition) is 3. The summed E-state index contributed by atoms with van der Waals surface area (Å²) >= 11 is 12.6. The zero-order chi connectivity index (χ0) is 29.6. The molecule has 1 amide bonds. The van der Waals surface area contributed by atoms with Crippen molar-refractivity contribution >= 4 is 40.8 Å². The van der Waals surface area contributed by atoms with E-state index in [0.29, 0.717) is 22.2 Å². The predicted molar refractivity (Wildman–Crippen MR) is 168 cm³/mol. The molecule has 7 nitrogen and oxygen atoms in total. The number of benzene rings is 4. The molecule has 0 spiro atoms. The Kier molecular flexibility index (Phi) is 8.91. The van der Waals surface area contributed by atoms with Crippen molar-refractivity contribution < 1.29 is 14.7 Å². The van der Waals surface area contributed by atoms with Crippen LogP contribution in [-0.2, 0) is 11.3 Å². The highest BCUT2D eigenvalue weighted by Crippen LogP contribution is 2.32. The molecule has 9 heteroatoms. The van der Waals surface area contributed by atoms with Gasteiger partial charge in [-0.05, 0) is 70.8 Å². The van der Waals surface area contributed by atoms with Gasteiger partial charge in [-0.3, -0.25) is 14.3 Å². The summed E-state index contributed by atoms with van der Waals surface area (Å²) in [5.74, 6) is -1.28. The SMILES string of the molecule is CNc1ccc(-c2ccc(-c3cc(-c4cc(Cl)cc(Cl)c4)nn3Cc3ccc(C(=O)NCCC(=O)O)cc3)cc2)cc1. The van der Waals surface area contributed by atoms with E-state index in [0.717, 1.165) is 44.9 Å². The third kappa shape index (κ3) is 7.00. The molecular formula is C33H28Cl2N4O3. The summed E-state index contributed by atoms with van der Waals surface area (Å²) in [6, 6.07) is 31.2. The van der Waals surface area contributed by atoms with Gasteiger partial charge in [-0.1, -0.05) is 71.7 Å². The summed E-state index contributed by atoms with van der Waals surface area (Å²) < 4.78 is 1.92. The molecular weight excluding hydrogens is 571 g/mol. The molecule has 0 aliphatic carbocycles. The van der Waals surface area contributed by atoms with Crippen molar-refractivity contribution in [3.63, 3.8) is 0 Å². The lowest BCUT2D eigenvalue weighted by Crippen LogP contribution is -2.25. The lowest BCUT2D eigenvalue weighted by atomic mass is 10.0. The Hall–Kier alpha value is -4.59. The Balaban J connectivity index is 1.44. The smallest absolute Gasteiger partial charge is 0.305 e. The molecule has 212 valence electrons. The number of halogens is 2.